The quantitative estimate of drug-likeness (QED) is 0.475. The Bertz CT molecular complexity index is 1160. The molecule has 0 radical (unpaired) electrons. The van der Waals surface area contributed by atoms with E-state index < -0.39 is 6.23 Å². The maximum absolute atomic E-state index is 12.6. The summed E-state index contributed by atoms with van der Waals surface area (Å²) in [6, 6.07) is 14.3. The zero-order chi connectivity index (χ0) is 21.3. The molecule has 1 N–H and O–H groups in total. The van der Waals surface area contributed by atoms with Gasteiger partial charge in [0, 0.05) is 42.5 Å². The molecule has 1 atom stereocenters. The van der Waals surface area contributed by atoms with Crippen molar-refractivity contribution in [2.24, 2.45) is 0 Å². The number of ether oxygens (including phenoxy) is 2. The number of aliphatic hydroxyl groups excluding tert-OH is 1. The number of hydrogen-bond donors (Lipinski definition) is 1. The molecule has 0 amide bonds. The van der Waals surface area contributed by atoms with Crippen molar-refractivity contribution in [2.45, 2.75) is 19.6 Å². The molecular weight excluding hydrogens is 406 g/mol. The first-order valence-electron chi connectivity index (χ1n) is 9.56. The van der Waals surface area contributed by atoms with Crippen molar-refractivity contribution in [3.05, 3.63) is 81.1 Å². The molecule has 1 unspecified atom stereocenters. The lowest BCUT2D eigenvalue weighted by Crippen LogP contribution is -2.27. The van der Waals surface area contributed by atoms with E-state index in [0.29, 0.717) is 40.8 Å². The van der Waals surface area contributed by atoms with Gasteiger partial charge in [-0.2, -0.15) is 0 Å². The van der Waals surface area contributed by atoms with Gasteiger partial charge in [0.15, 0.2) is 11.2 Å². The Morgan fingerprint density at radius 1 is 1.23 bits per heavy atom. The normalized spacial score (nSPS) is 14.4. The molecule has 4 rings (SSSR count). The van der Waals surface area contributed by atoms with Crippen molar-refractivity contribution in [1.29, 1.82) is 0 Å². The lowest BCUT2D eigenvalue weighted by Gasteiger charge is -2.32. The minimum atomic E-state index is -0.570. The van der Waals surface area contributed by atoms with Gasteiger partial charge in [0.1, 0.15) is 11.5 Å². The van der Waals surface area contributed by atoms with Gasteiger partial charge >= 0.3 is 0 Å². The van der Waals surface area contributed by atoms with Crippen LogP contribution in [-0.4, -0.2) is 28.7 Å². The third-order valence-electron chi connectivity index (χ3n) is 4.90. The summed E-state index contributed by atoms with van der Waals surface area (Å²) in [6.45, 7) is 1.70. The number of Topliss-reactive ketones (excluding diaryl/α,β-unsaturated/α-hetero) is 1. The summed E-state index contributed by atoms with van der Waals surface area (Å²) >= 11 is 6.40. The van der Waals surface area contributed by atoms with Crippen molar-refractivity contribution < 1.29 is 19.4 Å². The van der Waals surface area contributed by atoms with Crippen molar-refractivity contribution >= 4 is 17.4 Å². The lowest BCUT2D eigenvalue weighted by molar-refractivity contribution is 0.101. The van der Waals surface area contributed by atoms with Crippen LogP contribution in [0, 0.1) is 0 Å². The standard InChI is InChI=1S/C23H20ClNO5/c1-14(27)17-13-25-19(11-20(17)28)16-10-18(24)22(29-9-5-8-26)12-21(16)30-23(25)15-6-3-2-4-7-15/h2-4,6-7,10-13,23,26H,5,8-9H2,1H3. The van der Waals surface area contributed by atoms with E-state index in [1.807, 2.05) is 30.3 Å². The predicted octanol–water partition coefficient (Wildman–Crippen LogP) is 4.07. The number of rotatable bonds is 6. The molecule has 3 aromatic rings. The van der Waals surface area contributed by atoms with Crippen molar-refractivity contribution in [1.82, 2.24) is 4.57 Å². The molecule has 1 aliphatic rings. The van der Waals surface area contributed by atoms with E-state index in [1.165, 1.54) is 13.0 Å². The average Bonchev–Trinajstić information content (AvgIpc) is 2.74. The zero-order valence-corrected chi connectivity index (χ0v) is 17.1. The van der Waals surface area contributed by atoms with Crippen LogP contribution in [0.2, 0.25) is 5.02 Å². The Hall–Kier alpha value is -3.09. The first-order valence-corrected chi connectivity index (χ1v) is 9.93. The van der Waals surface area contributed by atoms with Gasteiger partial charge in [0.25, 0.3) is 0 Å². The Morgan fingerprint density at radius 3 is 2.70 bits per heavy atom. The molecule has 1 aliphatic heterocycles. The maximum Gasteiger partial charge on any atom is 0.202 e. The van der Waals surface area contributed by atoms with Crippen LogP contribution in [0.15, 0.2) is 59.5 Å². The highest BCUT2D eigenvalue weighted by Gasteiger charge is 2.29. The van der Waals surface area contributed by atoms with Crippen molar-refractivity contribution in [2.75, 3.05) is 13.2 Å². The lowest BCUT2D eigenvalue weighted by atomic mass is 10.0. The summed E-state index contributed by atoms with van der Waals surface area (Å²) in [6.07, 6.45) is 1.45. The Kier molecular flexibility index (Phi) is 5.61. The Morgan fingerprint density at radius 2 is 2.00 bits per heavy atom. The number of ketones is 1. The molecule has 0 fully saturated rings. The molecule has 6 nitrogen and oxygen atoms in total. The second-order valence-corrected chi connectivity index (χ2v) is 7.39. The van der Waals surface area contributed by atoms with E-state index in [0.717, 1.165) is 5.56 Å². The van der Waals surface area contributed by atoms with Gasteiger partial charge in [-0.3, -0.25) is 9.59 Å². The minimum Gasteiger partial charge on any atom is -0.492 e. The molecular formula is C23H20ClNO5. The highest BCUT2D eigenvalue weighted by Crippen LogP contribution is 2.44. The highest BCUT2D eigenvalue weighted by molar-refractivity contribution is 6.32. The molecule has 0 saturated heterocycles. The van der Waals surface area contributed by atoms with Gasteiger partial charge in [0.2, 0.25) is 6.23 Å². The van der Waals surface area contributed by atoms with Crippen LogP contribution in [0.5, 0.6) is 11.5 Å². The van der Waals surface area contributed by atoms with Crippen LogP contribution in [-0.2, 0) is 0 Å². The smallest absolute Gasteiger partial charge is 0.202 e. The van der Waals surface area contributed by atoms with Crippen LogP contribution in [0.4, 0.5) is 0 Å². The monoisotopic (exact) mass is 425 g/mol. The number of carbonyl (C=O) groups is 1. The Labute approximate surface area is 178 Å². The summed E-state index contributed by atoms with van der Waals surface area (Å²) in [4.78, 5) is 24.5. The first-order chi connectivity index (χ1) is 14.5. The topological polar surface area (TPSA) is 77.8 Å². The fraction of sp³-hybridized carbons (Fsp3) is 0.217. The van der Waals surface area contributed by atoms with Gasteiger partial charge in [-0.05, 0) is 13.0 Å². The number of hydrogen-bond acceptors (Lipinski definition) is 5. The fourth-order valence-corrected chi connectivity index (χ4v) is 3.66. The first kappa shape index (κ1) is 20.2. The molecule has 0 aliphatic carbocycles. The largest absolute Gasteiger partial charge is 0.492 e. The molecule has 7 heteroatoms. The van der Waals surface area contributed by atoms with Crippen LogP contribution in [0.25, 0.3) is 11.3 Å². The van der Waals surface area contributed by atoms with Crippen LogP contribution >= 0.6 is 11.6 Å². The van der Waals surface area contributed by atoms with Gasteiger partial charge in [-0.15, -0.1) is 0 Å². The SMILES string of the molecule is CC(=O)c1cn2c(cc1=O)-c1cc(Cl)c(OCCCO)cc1OC2c1ccccc1. The summed E-state index contributed by atoms with van der Waals surface area (Å²) in [5.41, 5.74) is 1.84. The number of aromatic nitrogens is 1. The number of pyridine rings is 1. The van der Waals surface area contributed by atoms with E-state index in [-0.39, 0.29) is 23.4 Å². The molecule has 30 heavy (non-hydrogen) atoms. The second kappa shape index (κ2) is 8.34. The molecule has 2 aromatic carbocycles. The van der Waals surface area contributed by atoms with Crippen LogP contribution < -0.4 is 14.9 Å². The zero-order valence-electron chi connectivity index (χ0n) is 16.3. The highest BCUT2D eigenvalue weighted by atomic mass is 35.5. The van der Waals surface area contributed by atoms with Crippen molar-refractivity contribution in [3.63, 3.8) is 0 Å². The molecule has 2 heterocycles. The van der Waals surface area contributed by atoms with Gasteiger partial charge < -0.3 is 19.1 Å². The summed E-state index contributed by atoms with van der Waals surface area (Å²) in [5.74, 6) is 0.646. The number of benzene rings is 2. The number of aliphatic hydroxyl groups is 1. The summed E-state index contributed by atoms with van der Waals surface area (Å²) in [5, 5.41) is 9.33. The van der Waals surface area contributed by atoms with E-state index in [2.05, 4.69) is 0 Å². The van der Waals surface area contributed by atoms with E-state index in [1.54, 1.807) is 22.9 Å². The van der Waals surface area contributed by atoms with E-state index in [9.17, 15) is 9.59 Å². The minimum absolute atomic E-state index is 0.0178. The van der Waals surface area contributed by atoms with Gasteiger partial charge in [0.05, 0.1) is 22.9 Å². The molecule has 0 saturated carbocycles. The van der Waals surface area contributed by atoms with Gasteiger partial charge in [-0.1, -0.05) is 41.9 Å². The number of halogens is 1. The van der Waals surface area contributed by atoms with Gasteiger partial charge in [-0.25, -0.2) is 0 Å². The van der Waals surface area contributed by atoms with Crippen LogP contribution in [0.1, 0.15) is 35.5 Å². The number of fused-ring (bicyclic) bond motifs is 3. The fourth-order valence-electron chi connectivity index (χ4n) is 3.44. The third kappa shape index (κ3) is 3.72. The van der Waals surface area contributed by atoms with E-state index >= 15 is 0 Å². The molecule has 0 bridgehead atoms. The second-order valence-electron chi connectivity index (χ2n) is 6.99. The van der Waals surface area contributed by atoms with E-state index in [4.69, 9.17) is 26.2 Å². The van der Waals surface area contributed by atoms with Crippen molar-refractivity contribution in [3.8, 4) is 22.8 Å². The maximum atomic E-state index is 12.6. The average molecular weight is 426 g/mol. The molecule has 1 aromatic heterocycles. The summed E-state index contributed by atoms with van der Waals surface area (Å²) < 4.78 is 13.7. The molecule has 0 spiro atoms. The number of nitrogens with zero attached hydrogens (tertiary/aromatic N) is 1. The Balaban J connectivity index is 1.89. The van der Waals surface area contributed by atoms with Crippen LogP contribution in [0.3, 0.4) is 0 Å². The predicted molar refractivity (Wildman–Crippen MR) is 114 cm³/mol. The number of carbonyl (C=O) groups excluding carboxylic acids is 1. The third-order valence-corrected chi connectivity index (χ3v) is 5.20. The molecule has 154 valence electrons. The summed E-state index contributed by atoms with van der Waals surface area (Å²) in [7, 11) is 0.